The lowest BCUT2D eigenvalue weighted by atomic mass is 10.0. The molecule has 0 radical (unpaired) electrons. The van der Waals surface area contributed by atoms with E-state index in [1.807, 2.05) is 0 Å². The van der Waals surface area contributed by atoms with Crippen molar-refractivity contribution in [3.05, 3.63) is 36.0 Å². The Morgan fingerprint density at radius 3 is 1.67 bits per heavy atom. The summed E-state index contributed by atoms with van der Waals surface area (Å²) in [5.41, 5.74) is 35.0. The van der Waals surface area contributed by atoms with E-state index in [0.29, 0.717) is 35.9 Å². The molecule has 1 aliphatic heterocycles. The largest absolute Gasteiger partial charge is 0.481 e. The number of aromatic amines is 1. The molecule has 28 N–H and O–H groups in total. The summed E-state index contributed by atoms with van der Waals surface area (Å²) in [5.74, 6) is -13.9. The number of fused-ring (bicyclic) bond motifs is 1. The molecule has 492 valence electrons. The monoisotopic (exact) mass is 1250 g/mol. The van der Waals surface area contributed by atoms with Gasteiger partial charge in [0.1, 0.15) is 67.0 Å². The summed E-state index contributed by atoms with van der Waals surface area (Å²) in [4.78, 5) is 165. The van der Waals surface area contributed by atoms with Gasteiger partial charge < -0.3 is 112 Å². The first-order chi connectivity index (χ1) is 41.6. The van der Waals surface area contributed by atoms with E-state index in [1.54, 1.807) is 24.3 Å². The maximum Gasteiger partial charge on any atom is 0.326 e. The van der Waals surface area contributed by atoms with E-state index >= 15 is 0 Å². The number of amides is 9. The Kier molecular flexibility index (Phi) is 31.8. The molecule has 0 aliphatic carbocycles. The van der Waals surface area contributed by atoms with E-state index in [9.17, 15) is 83.1 Å². The third-order valence-electron chi connectivity index (χ3n) is 14.1. The molecule has 1 aromatic heterocycles. The lowest BCUT2D eigenvalue weighted by molar-refractivity contribution is -0.150. The Balaban J connectivity index is 1.93. The average Bonchev–Trinajstić information content (AvgIpc) is 3.33. The maximum absolute atomic E-state index is 14.6. The highest BCUT2D eigenvalue weighted by molar-refractivity contribution is 6.00. The van der Waals surface area contributed by atoms with E-state index in [1.165, 1.54) is 13.1 Å². The normalized spacial score (nSPS) is 16.5. The van der Waals surface area contributed by atoms with Gasteiger partial charge in [-0.05, 0) is 103 Å². The average molecular weight is 1250 g/mol. The maximum atomic E-state index is 14.6. The number of hydrogen-bond donors (Lipinski definition) is 22. The minimum absolute atomic E-state index is 0.0377. The number of aliphatic hydroxyl groups is 2. The van der Waals surface area contributed by atoms with Crippen LogP contribution in [0.25, 0.3) is 10.9 Å². The number of nitrogens with two attached hydrogens (primary N) is 6. The summed E-state index contributed by atoms with van der Waals surface area (Å²) in [5, 5.41) is 75.3. The fraction of sp³-hybridized carbons (Fsp3) is 0.623. The smallest absolute Gasteiger partial charge is 0.326 e. The molecule has 35 nitrogen and oxygen atoms in total. The summed E-state index contributed by atoms with van der Waals surface area (Å²) in [6, 6.07) is -9.02. The number of likely N-dealkylation sites (tertiary alicyclic amines) is 1. The summed E-state index contributed by atoms with van der Waals surface area (Å²) >= 11 is 0. The standard InChI is InChI=1S/C53H88N18O17/c1-26(63-44(80)32(13-7-19-60-52(56)57)64-43(79)30(55)11-5-6-18-54)42(78)69-37(25-72)49(85)65-33(14-8-20-61-53(58)59)45(81)67-35(22-28-24-62-31-12-4-3-10-29(28)31)47(83)68-36(23-40(76)77)48(84)66-34(16-17-39(74)75)46(82)70-41(27(2)73)50(86)71-21-9-15-38(71)51(87)88/h3-4,10,12,24,26-27,30,32-38,41,52-53,60-62,72-73H,5-9,11,13-23,25,54-59H2,1-2H3,(H,63,80)(H,64,79)(H,65,85)(H,66,84)(H,67,81)(H,68,83)(H,69,78)(H,70,82)(H,74,75)(H,76,77)(H,87,88)/t26-,27+,30-,32-,33-,34-,35-,36-,37-,38-,41-/m0/s1. The highest BCUT2D eigenvalue weighted by atomic mass is 16.4. The van der Waals surface area contributed by atoms with Crippen molar-refractivity contribution in [2.75, 3.05) is 32.8 Å². The molecule has 88 heavy (non-hydrogen) atoms. The summed E-state index contributed by atoms with van der Waals surface area (Å²) in [6.07, 6.45) is -3.14. The number of rotatable bonds is 41. The van der Waals surface area contributed by atoms with Crippen molar-refractivity contribution in [1.29, 1.82) is 0 Å². The molecule has 2 heterocycles. The fourth-order valence-electron chi connectivity index (χ4n) is 9.32. The third-order valence-corrected chi connectivity index (χ3v) is 14.1. The van der Waals surface area contributed by atoms with Crippen molar-refractivity contribution in [2.45, 2.75) is 176 Å². The van der Waals surface area contributed by atoms with E-state index in [2.05, 4.69) is 58.2 Å². The van der Waals surface area contributed by atoms with Crippen LogP contribution < -0.4 is 87.6 Å². The van der Waals surface area contributed by atoms with Gasteiger partial charge in [-0.2, -0.15) is 0 Å². The number of aliphatic hydroxyl groups excluding tert-OH is 2. The number of nitrogens with one attached hydrogen (secondary N) is 11. The molecular weight excluding hydrogens is 1160 g/mol. The Morgan fingerprint density at radius 1 is 0.602 bits per heavy atom. The zero-order valence-electron chi connectivity index (χ0n) is 49.2. The molecule has 11 atom stereocenters. The zero-order chi connectivity index (χ0) is 65.8. The molecule has 1 saturated heterocycles. The molecule has 2 aromatic rings. The van der Waals surface area contributed by atoms with Crippen LogP contribution in [0.1, 0.15) is 96.5 Å². The molecule has 9 amide bonds. The second-order valence-electron chi connectivity index (χ2n) is 21.3. The van der Waals surface area contributed by atoms with Gasteiger partial charge >= 0.3 is 17.9 Å². The number of hydrogen-bond acceptors (Lipinski definition) is 22. The van der Waals surface area contributed by atoms with Crippen molar-refractivity contribution >= 4 is 82.0 Å². The summed E-state index contributed by atoms with van der Waals surface area (Å²) in [7, 11) is 0. The number of benzene rings is 1. The molecule has 3 rings (SSSR count). The number of para-hydroxylation sites is 1. The molecular formula is C53H88N18O17. The van der Waals surface area contributed by atoms with Crippen LogP contribution >= 0.6 is 0 Å². The molecule has 35 heteroatoms. The fourth-order valence-corrected chi connectivity index (χ4v) is 9.32. The van der Waals surface area contributed by atoms with E-state index < -0.39 is 176 Å². The molecule has 0 unspecified atom stereocenters. The van der Waals surface area contributed by atoms with Gasteiger partial charge in [0.25, 0.3) is 0 Å². The summed E-state index contributed by atoms with van der Waals surface area (Å²) in [6.45, 7) is 1.95. The summed E-state index contributed by atoms with van der Waals surface area (Å²) < 4.78 is 0. The number of H-pyrrole nitrogens is 1. The van der Waals surface area contributed by atoms with E-state index in [-0.39, 0.29) is 71.0 Å². The van der Waals surface area contributed by atoms with Crippen LogP contribution in [0.4, 0.5) is 0 Å². The predicted octanol–water partition coefficient (Wildman–Crippen LogP) is -8.01. The van der Waals surface area contributed by atoms with E-state index in [0.717, 1.165) is 11.8 Å². The SMILES string of the molecule is C[C@H](NC(=O)[C@H](CCCNC(N)N)NC(=O)[C@@H](N)CCCCN)C(=O)N[C@@H](CO)C(=O)N[C@@H](CCCNC(N)N)C(=O)N[C@@H](Cc1c[nH]c2ccccc12)C(=O)N[C@@H](CC(=O)O)C(=O)N[C@@H](CCC(=O)O)C(=O)N[C@H](C(=O)N1CCC[C@H]1C(=O)O)[C@@H](C)O. The first-order valence-corrected chi connectivity index (χ1v) is 28.8. The molecule has 0 bridgehead atoms. The lowest BCUT2D eigenvalue weighted by Gasteiger charge is -2.30. The highest BCUT2D eigenvalue weighted by Crippen LogP contribution is 2.21. The highest BCUT2D eigenvalue weighted by Gasteiger charge is 2.41. The van der Waals surface area contributed by atoms with Crippen molar-refractivity contribution in [2.24, 2.45) is 34.4 Å². The topological polar surface area (TPSA) is 601 Å². The van der Waals surface area contributed by atoms with Gasteiger partial charge in [-0.15, -0.1) is 0 Å². The molecule has 0 saturated carbocycles. The number of carboxylic acid groups (broad SMARTS) is 3. The minimum atomic E-state index is -2.08. The van der Waals surface area contributed by atoms with Crippen molar-refractivity contribution in [3.63, 3.8) is 0 Å². The van der Waals surface area contributed by atoms with Gasteiger partial charge in [-0.3, -0.25) is 63.4 Å². The molecule has 1 fully saturated rings. The number of aromatic nitrogens is 1. The Morgan fingerprint density at radius 2 is 1.11 bits per heavy atom. The Hall–Kier alpha value is -8.00. The molecule has 1 aliphatic rings. The number of carboxylic acids is 3. The van der Waals surface area contributed by atoms with Gasteiger partial charge in [0.15, 0.2) is 0 Å². The number of nitrogens with zero attached hydrogens (tertiary/aromatic N) is 1. The molecule has 1 aromatic carbocycles. The quantitative estimate of drug-likeness (QED) is 0.0217. The number of carbonyl (C=O) groups is 12. The van der Waals surface area contributed by atoms with Crippen LogP contribution in [0.2, 0.25) is 0 Å². The Labute approximate surface area is 506 Å². The minimum Gasteiger partial charge on any atom is -0.481 e. The van der Waals surface area contributed by atoms with Gasteiger partial charge in [0.05, 0.1) is 25.2 Å². The number of aliphatic carboxylic acids is 3. The predicted molar refractivity (Wildman–Crippen MR) is 313 cm³/mol. The second-order valence-corrected chi connectivity index (χ2v) is 21.3. The Bertz CT molecular complexity index is 2700. The van der Waals surface area contributed by atoms with Crippen molar-refractivity contribution in [1.82, 2.24) is 63.1 Å². The van der Waals surface area contributed by atoms with Crippen molar-refractivity contribution < 1.29 is 83.1 Å². The van der Waals surface area contributed by atoms with Crippen molar-refractivity contribution in [3.8, 4) is 0 Å². The van der Waals surface area contributed by atoms with Crippen LogP contribution in [0, 0.1) is 0 Å². The van der Waals surface area contributed by atoms with Gasteiger partial charge in [0.2, 0.25) is 53.2 Å². The number of carbonyl (C=O) groups excluding carboxylic acids is 9. The van der Waals surface area contributed by atoms with Crippen LogP contribution in [-0.4, -0.2) is 218 Å². The van der Waals surface area contributed by atoms with Crippen LogP contribution in [0.5, 0.6) is 0 Å². The first-order valence-electron chi connectivity index (χ1n) is 28.8. The second kappa shape index (κ2) is 37.6. The lowest BCUT2D eigenvalue weighted by Crippen LogP contribution is -2.61. The van der Waals surface area contributed by atoms with Crippen LogP contribution in [0.3, 0.4) is 0 Å². The van der Waals surface area contributed by atoms with E-state index in [4.69, 9.17) is 34.4 Å². The van der Waals surface area contributed by atoms with Crippen LogP contribution in [0.15, 0.2) is 30.5 Å². The molecule has 0 spiro atoms. The third kappa shape index (κ3) is 25.0. The zero-order valence-corrected chi connectivity index (χ0v) is 49.2. The number of unbranched alkanes of at least 4 members (excludes halogenated alkanes) is 1. The van der Waals surface area contributed by atoms with Gasteiger partial charge in [-0.1, -0.05) is 24.6 Å². The van der Waals surface area contributed by atoms with Crippen LogP contribution in [-0.2, 0) is 64.0 Å². The van der Waals surface area contributed by atoms with Gasteiger partial charge in [0, 0.05) is 36.5 Å². The first kappa shape index (κ1) is 74.3. The van der Waals surface area contributed by atoms with Gasteiger partial charge in [-0.25, -0.2) is 4.79 Å².